The van der Waals surface area contributed by atoms with Crippen molar-refractivity contribution in [3.8, 4) is 45.3 Å². The van der Waals surface area contributed by atoms with E-state index in [9.17, 15) is 0 Å². The van der Waals surface area contributed by atoms with Gasteiger partial charge in [-0.25, -0.2) is 0 Å². The third-order valence-electron chi connectivity index (χ3n) is 7.35. The summed E-state index contributed by atoms with van der Waals surface area (Å²) in [5.74, 6) is 3.03. The molecule has 1 aliphatic heterocycles. The van der Waals surface area contributed by atoms with Crippen LogP contribution in [0.1, 0.15) is 22.3 Å². The smallest absolute Gasteiger partial charge is 0.170 e. The lowest BCUT2D eigenvalue weighted by molar-refractivity contribution is 0.359. The van der Waals surface area contributed by atoms with Crippen molar-refractivity contribution in [3.63, 3.8) is 0 Å². The number of para-hydroxylation sites is 2. The molecule has 154 valence electrons. The second kappa shape index (κ2) is 5.93. The molecule has 5 aromatic carbocycles. The van der Waals surface area contributed by atoms with E-state index in [0.29, 0.717) is 0 Å². The molecule has 0 N–H and O–H groups in total. The van der Waals surface area contributed by atoms with Crippen LogP contribution in [0.5, 0.6) is 23.0 Å². The average molecular weight is 422 g/mol. The monoisotopic (exact) mass is 422 g/mol. The Morgan fingerprint density at radius 2 is 0.788 bits per heavy atom. The number of fused-ring (bicyclic) bond motifs is 12. The lowest BCUT2D eigenvalue weighted by Gasteiger charge is -2.31. The lowest BCUT2D eigenvalue weighted by Crippen LogP contribution is -2.25. The predicted molar refractivity (Wildman–Crippen MR) is 129 cm³/mol. The third-order valence-corrected chi connectivity index (χ3v) is 7.35. The highest BCUT2D eigenvalue weighted by Crippen LogP contribution is 2.64. The van der Waals surface area contributed by atoms with Gasteiger partial charge in [0.1, 0.15) is 0 Å². The molecule has 0 unspecified atom stereocenters. The van der Waals surface area contributed by atoms with E-state index in [2.05, 4.69) is 84.9 Å². The van der Waals surface area contributed by atoms with Crippen molar-refractivity contribution >= 4 is 0 Å². The molecule has 2 aliphatic carbocycles. The van der Waals surface area contributed by atoms with Gasteiger partial charge in [-0.1, -0.05) is 84.9 Å². The molecule has 0 aromatic heterocycles. The van der Waals surface area contributed by atoms with Crippen molar-refractivity contribution in [3.05, 3.63) is 131 Å². The fourth-order valence-corrected chi connectivity index (χ4v) is 6.11. The van der Waals surface area contributed by atoms with Gasteiger partial charge in [-0.05, 0) is 68.8 Å². The zero-order valence-electron chi connectivity index (χ0n) is 17.7. The van der Waals surface area contributed by atoms with Gasteiger partial charge in [0.2, 0.25) is 0 Å². The number of ether oxygens (including phenoxy) is 2. The largest absolute Gasteiger partial charge is 0.450 e. The van der Waals surface area contributed by atoms with Crippen LogP contribution in [-0.4, -0.2) is 0 Å². The van der Waals surface area contributed by atoms with E-state index < -0.39 is 0 Å². The molecule has 1 spiro atoms. The summed E-state index contributed by atoms with van der Waals surface area (Å²) in [4.78, 5) is 0. The molecule has 2 nitrogen and oxygen atoms in total. The zero-order valence-corrected chi connectivity index (χ0v) is 17.7. The first kappa shape index (κ1) is 17.3. The van der Waals surface area contributed by atoms with Gasteiger partial charge in [0.25, 0.3) is 0 Å². The van der Waals surface area contributed by atoms with Gasteiger partial charge < -0.3 is 9.47 Å². The van der Waals surface area contributed by atoms with E-state index in [1.165, 1.54) is 44.5 Å². The molecule has 0 amide bonds. The fourth-order valence-electron chi connectivity index (χ4n) is 6.11. The highest BCUT2D eigenvalue weighted by molar-refractivity contribution is 5.95. The molecule has 0 radical (unpaired) electrons. The minimum absolute atomic E-state index is 0.367. The Bertz CT molecular complexity index is 1580. The molecule has 0 saturated carbocycles. The summed E-state index contributed by atoms with van der Waals surface area (Å²) in [6.07, 6.45) is 0. The van der Waals surface area contributed by atoms with Crippen molar-refractivity contribution in [2.75, 3.05) is 0 Å². The maximum atomic E-state index is 6.36. The Morgan fingerprint density at radius 1 is 0.364 bits per heavy atom. The second-order valence-corrected chi connectivity index (χ2v) is 8.88. The summed E-state index contributed by atoms with van der Waals surface area (Å²) in [6, 6.07) is 38.7. The van der Waals surface area contributed by atoms with E-state index in [1.54, 1.807) is 0 Å². The van der Waals surface area contributed by atoms with Crippen LogP contribution in [0.25, 0.3) is 22.3 Å². The molecule has 8 rings (SSSR count). The zero-order chi connectivity index (χ0) is 21.6. The molecular weight excluding hydrogens is 404 g/mol. The average Bonchev–Trinajstić information content (AvgIpc) is 3.33. The number of hydrogen-bond acceptors (Lipinski definition) is 2. The Hall–Kier alpha value is -4.30. The minimum atomic E-state index is -0.367. The highest BCUT2D eigenvalue weighted by atomic mass is 16.6. The van der Waals surface area contributed by atoms with Crippen LogP contribution in [0.15, 0.2) is 109 Å². The van der Waals surface area contributed by atoms with Crippen molar-refractivity contribution in [2.45, 2.75) is 5.41 Å². The fraction of sp³-hybridized carbons (Fsp3) is 0.0323. The summed E-state index contributed by atoms with van der Waals surface area (Å²) in [5, 5.41) is 0. The van der Waals surface area contributed by atoms with Gasteiger partial charge in [-0.2, -0.15) is 0 Å². The maximum absolute atomic E-state index is 6.36. The molecule has 0 bridgehead atoms. The summed E-state index contributed by atoms with van der Waals surface area (Å²) >= 11 is 0. The molecule has 33 heavy (non-hydrogen) atoms. The molecule has 0 saturated heterocycles. The highest BCUT2D eigenvalue weighted by Gasteiger charge is 2.52. The van der Waals surface area contributed by atoms with Gasteiger partial charge in [0.05, 0.1) is 5.41 Å². The van der Waals surface area contributed by atoms with E-state index in [4.69, 9.17) is 9.47 Å². The molecule has 5 aromatic rings. The van der Waals surface area contributed by atoms with Crippen molar-refractivity contribution in [2.24, 2.45) is 0 Å². The van der Waals surface area contributed by atoms with Crippen LogP contribution in [-0.2, 0) is 5.41 Å². The maximum Gasteiger partial charge on any atom is 0.170 e. The summed E-state index contributed by atoms with van der Waals surface area (Å²) in [7, 11) is 0. The quantitative estimate of drug-likeness (QED) is 0.247. The molecule has 0 atom stereocenters. The van der Waals surface area contributed by atoms with Crippen LogP contribution >= 0.6 is 0 Å². The third kappa shape index (κ3) is 2.00. The number of hydrogen-bond donors (Lipinski definition) is 0. The normalized spacial score (nSPS) is 14.8. The Kier molecular flexibility index (Phi) is 3.11. The van der Waals surface area contributed by atoms with E-state index in [0.717, 1.165) is 23.0 Å². The topological polar surface area (TPSA) is 18.5 Å². The predicted octanol–water partition coefficient (Wildman–Crippen LogP) is 7.93. The van der Waals surface area contributed by atoms with Gasteiger partial charge in [0.15, 0.2) is 23.0 Å². The van der Waals surface area contributed by atoms with Crippen LogP contribution in [0.3, 0.4) is 0 Å². The van der Waals surface area contributed by atoms with Gasteiger partial charge in [-0.3, -0.25) is 0 Å². The summed E-state index contributed by atoms with van der Waals surface area (Å²) in [5.41, 5.74) is 9.92. The first-order valence-electron chi connectivity index (χ1n) is 11.3. The summed E-state index contributed by atoms with van der Waals surface area (Å²) in [6.45, 7) is 0. The molecule has 1 heterocycles. The van der Waals surface area contributed by atoms with E-state index in [-0.39, 0.29) is 5.41 Å². The van der Waals surface area contributed by atoms with Crippen molar-refractivity contribution in [1.29, 1.82) is 0 Å². The molecule has 0 fully saturated rings. The minimum Gasteiger partial charge on any atom is -0.450 e. The number of rotatable bonds is 0. The molecular formula is C31H18O2. The SMILES string of the molecule is c1ccc2c(c1)Oc1cc3c(cc1O2)C1(c2ccccc2-c2ccccc21)c1ccccc1-3. The Labute approximate surface area is 191 Å². The van der Waals surface area contributed by atoms with Crippen LogP contribution in [0.4, 0.5) is 0 Å². The standard InChI is InChI=1S/C31H18O2/c1-4-12-23-19(9-1)20-10-2-5-13-24(20)31(23)25-14-6-3-11-21(25)22-17-29-30(18-26(22)31)33-28-16-8-7-15-27(28)32-29/h1-18H. The molecule has 3 aliphatic rings. The Balaban J connectivity index is 1.49. The Morgan fingerprint density at radius 3 is 1.33 bits per heavy atom. The van der Waals surface area contributed by atoms with Gasteiger partial charge in [-0.15, -0.1) is 0 Å². The van der Waals surface area contributed by atoms with Crippen molar-refractivity contribution < 1.29 is 9.47 Å². The van der Waals surface area contributed by atoms with Gasteiger partial charge in [0, 0.05) is 0 Å². The van der Waals surface area contributed by atoms with Crippen LogP contribution in [0.2, 0.25) is 0 Å². The van der Waals surface area contributed by atoms with Gasteiger partial charge >= 0.3 is 0 Å². The molecule has 2 heteroatoms. The van der Waals surface area contributed by atoms with E-state index in [1.807, 2.05) is 24.3 Å². The first-order valence-corrected chi connectivity index (χ1v) is 11.3. The van der Waals surface area contributed by atoms with Crippen molar-refractivity contribution in [1.82, 2.24) is 0 Å². The number of benzene rings is 5. The van der Waals surface area contributed by atoms with Crippen LogP contribution in [0, 0.1) is 0 Å². The van der Waals surface area contributed by atoms with E-state index >= 15 is 0 Å². The lowest BCUT2D eigenvalue weighted by atomic mass is 9.70. The summed E-state index contributed by atoms with van der Waals surface area (Å²) < 4.78 is 12.6. The van der Waals surface area contributed by atoms with Crippen LogP contribution < -0.4 is 9.47 Å². The second-order valence-electron chi connectivity index (χ2n) is 8.88. The first-order chi connectivity index (χ1) is 16.4.